The topological polar surface area (TPSA) is 34.2 Å². The van der Waals surface area contributed by atoms with Crippen LogP contribution in [-0.2, 0) is 6.42 Å². The standard InChI is InChI=1S/C15H17F3N2O/c1-9(2)6-10-7-14(19-3)12-8-11(21-15(16,17)18)4-5-13(12)20-10/h4-5,7-9H,6H2,1-3H3,(H,19,20). The van der Waals surface area contributed by atoms with Gasteiger partial charge in [-0.2, -0.15) is 0 Å². The van der Waals surface area contributed by atoms with Gasteiger partial charge in [-0.25, -0.2) is 0 Å². The molecule has 0 unspecified atom stereocenters. The van der Waals surface area contributed by atoms with Crippen LogP contribution < -0.4 is 10.1 Å². The number of fused-ring (bicyclic) bond motifs is 1. The van der Waals surface area contributed by atoms with Crippen molar-refractivity contribution in [3.63, 3.8) is 0 Å². The van der Waals surface area contributed by atoms with E-state index in [4.69, 9.17) is 0 Å². The summed E-state index contributed by atoms with van der Waals surface area (Å²) >= 11 is 0. The minimum Gasteiger partial charge on any atom is -0.406 e. The Morgan fingerprint density at radius 3 is 2.52 bits per heavy atom. The van der Waals surface area contributed by atoms with Gasteiger partial charge in [0.15, 0.2) is 0 Å². The fraction of sp³-hybridized carbons (Fsp3) is 0.400. The molecular formula is C15H17F3N2O. The first-order valence-corrected chi connectivity index (χ1v) is 6.65. The number of halogens is 3. The van der Waals surface area contributed by atoms with Gasteiger partial charge in [0.05, 0.1) is 5.52 Å². The zero-order valence-electron chi connectivity index (χ0n) is 12.1. The van der Waals surface area contributed by atoms with Crippen LogP contribution in [-0.4, -0.2) is 18.4 Å². The lowest BCUT2D eigenvalue weighted by Gasteiger charge is -2.13. The van der Waals surface area contributed by atoms with Crippen LogP contribution in [0.3, 0.4) is 0 Å². The van der Waals surface area contributed by atoms with Gasteiger partial charge in [-0.05, 0) is 36.6 Å². The number of hydrogen-bond acceptors (Lipinski definition) is 3. The van der Waals surface area contributed by atoms with E-state index in [0.29, 0.717) is 16.8 Å². The van der Waals surface area contributed by atoms with Crippen molar-refractivity contribution in [2.24, 2.45) is 5.92 Å². The number of pyridine rings is 1. The lowest BCUT2D eigenvalue weighted by atomic mass is 10.1. The van der Waals surface area contributed by atoms with Crippen molar-refractivity contribution in [1.29, 1.82) is 0 Å². The first kappa shape index (κ1) is 15.4. The van der Waals surface area contributed by atoms with Crippen LogP contribution >= 0.6 is 0 Å². The summed E-state index contributed by atoms with van der Waals surface area (Å²) in [6, 6.07) is 6.03. The van der Waals surface area contributed by atoms with Crippen molar-refractivity contribution in [2.75, 3.05) is 12.4 Å². The molecule has 0 aliphatic heterocycles. The van der Waals surface area contributed by atoms with Gasteiger partial charge in [0.2, 0.25) is 0 Å². The number of benzene rings is 1. The first-order valence-electron chi connectivity index (χ1n) is 6.65. The summed E-state index contributed by atoms with van der Waals surface area (Å²) in [6.07, 6.45) is -3.89. The molecule has 114 valence electrons. The molecule has 0 amide bonds. The molecule has 2 aromatic rings. The second-order valence-corrected chi connectivity index (χ2v) is 5.24. The van der Waals surface area contributed by atoms with Crippen LogP contribution in [0.1, 0.15) is 19.5 Å². The van der Waals surface area contributed by atoms with Crippen LogP contribution in [0.4, 0.5) is 18.9 Å². The molecule has 0 saturated heterocycles. The zero-order chi connectivity index (χ0) is 15.6. The molecule has 1 aromatic carbocycles. The van der Waals surface area contributed by atoms with E-state index in [0.717, 1.165) is 17.8 Å². The molecule has 0 saturated carbocycles. The zero-order valence-corrected chi connectivity index (χ0v) is 12.1. The number of alkyl halides is 3. The van der Waals surface area contributed by atoms with Crippen LogP contribution in [0.2, 0.25) is 0 Å². The van der Waals surface area contributed by atoms with Crippen molar-refractivity contribution in [3.05, 3.63) is 30.0 Å². The molecule has 0 aliphatic carbocycles. The normalized spacial score (nSPS) is 12.0. The molecule has 1 aromatic heterocycles. The first-order chi connectivity index (χ1) is 9.78. The highest BCUT2D eigenvalue weighted by Crippen LogP contribution is 2.30. The van der Waals surface area contributed by atoms with Gasteiger partial charge in [0, 0.05) is 23.8 Å². The Labute approximate surface area is 121 Å². The average molecular weight is 298 g/mol. The number of aromatic nitrogens is 1. The van der Waals surface area contributed by atoms with Crippen molar-refractivity contribution in [2.45, 2.75) is 26.6 Å². The van der Waals surface area contributed by atoms with E-state index in [-0.39, 0.29) is 5.75 Å². The number of rotatable bonds is 4. The summed E-state index contributed by atoms with van der Waals surface area (Å²) in [6.45, 7) is 4.18. The van der Waals surface area contributed by atoms with E-state index in [2.05, 4.69) is 28.9 Å². The predicted molar refractivity (Wildman–Crippen MR) is 76.5 cm³/mol. The third-order valence-electron chi connectivity index (χ3n) is 2.95. The Balaban J connectivity index is 2.47. The Bertz CT molecular complexity index is 639. The molecule has 0 fully saturated rings. The maximum absolute atomic E-state index is 12.3. The van der Waals surface area contributed by atoms with Crippen molar-refractivity contribution >= 4 is 16.6 Å². The second-order valence-electron chi connectivity index (χ2n) is 5.24. The quantitative estimate of drug-likeness (QED) is 0.910. The summed E-state index contributed by atoms with van der Waals surface area (Å²) in [4.78, 5) is 4.48. The van der Waals surface area contributed by atoms with E-state index in [1.54, 1.807) is 13.1 Å². The fourth-order valence-corrected chi connectivity index (χ4v) is 2.19. The van der Waals surface area contributed by atoms with Gasteiger partial charge >= 0.3 is 6.36 Å². The number of anilines is 1. The summed E-state index contributed by atoms with van der Waals surface area (Å²) in [5.74, 6) is 0.206. The number of nitrogens with zero attached hydrogens (tertiary/aromatic N) is 1. The lowest BCUT2D eigenvalue weighted by molar-refractivity contribution is -0.274. The third-order valence-corrected chi connectivity index (χ3v) is 2.95. The highest BCUT2D eigenvalue weighted by atomic mass is 19.4. The molecule has 0 radical (unpaired) electrons. The Hall–Kier alpha value is -1.98. The minimum atomic E-state index is -4.70. The Morgan fingerprint density at radius 1 is 1.24 bits per heavy atom. The highest BCUT2D eigenvalue weighted by molar-refractivity contribution is 5.92. The Kier molecular flexibility index (Phi) is 4.25. The fourth-order valence-electron chi connectivity index (χ4n) is 2.19. The van der Waals surface area contributed by atoms with E-state index >= 15 is 0 Å². The van der Waals surface area contributed by atoms with Crippen molar-refractivity contribution in [3.8, 4) is 5.75 Å². The molecule has 1 heterocycles. The molecule has 2 rings (SSSR count). The number of nitrogens with one attached hydrogen (secondary N) is 1. The summed E-state index contributed by atoms with van der Waals surface area (Å²) in [7, 11) is 1.73. The van der Waals surface area contributed by atoms with Gasteiger partial charge in [0.1, 0.15) is 5.75 Å². The molecule has 0 bridgehead atoms. The largest absolute Gasteiger partial charge is 0.573 e. The molecule has 6 heteroatoms. The maximum Gasteiger partial charge on any atom is 0.573 e. The highest BCUT2D eigenvalue weighted by Gasteiger charge is 2.31. The predicted octanol–water partition coefficient (Wildman–Crippen LogP) is 4.37. The molecule has 0 aliphatic rings. The van der Waals surface area contributed by atoms with E-state index in [1.165, 1.54) is 12.1 Å². The number of hydrogen-bond donors (Lipinski definition) is 1. The molecule has 1 N–H and O–H groups in total. The van der Waals surface area contributed by atoms with Crippen LogP contribution in [0.5, 0.6) is 5.75 Å². The summed E-state index contributed by atoms with van der Waals surface area (Å²) in [5, 5.41) is 3.60. The monoisotopic (exact) mass is 298 g/mol. The van der Waals surface area contributed by atoms with E-state index < -0.39 is 6.36 Å². The van der Waals surface area contributed by atoms with Gasteiger partial charge in [-0.3, -0.25) is 4.98 Å². The molecular weight excluding hydrogens is 281 g/mol. The maximum atomic E-state index is 12.3. The van der Waals surface area contributed by atoms with E-state index in [1.807, 2.05) is 6.07 Å². The molecule has 0 atom stereocenters. The van der Waals surface area contributed by atoms with E-state index in [9.17, 15) is 13.2 Å². The van der Waals surface area contributed by atoms with Crippen LogP contribution in [0.15, 0.2) is 24.3 Å². The van der Waals surface area contributed by atoms with Crippen molar-refractivity contribution < 1.29 is 17.9 Å². The number of ether oxygens (including phenoxy) is 1. The van der Waals surface area contributed by atoms with Crippen molar-refractivity contribution in [1.82, 2.24) is 4.98 Å². The van der Waals surface area contributed by atoms with Gasteiger partial charge in [0.25, 0.3) is 0 Å². The van der Waals surface area contributed by atoms with Crippen LogP contribution in [0, 0.1) is 5.92 Å². The average Bonchev–Trinajstić information content (AvgIpc) is 2.35. The molecule has 21 heavy (non-hydrogen) atoms. The second kappa shape index (κ2) is 5.79. The SMILES string of the molecule is CNc1cc(CC(C)C)nc2ccc(OC(F)(F)F)cc12. The molecule has 0 spiro atoms. The Morgan fingerprint density at radius 2 is 1.95 bits per heavy atom. The molecule has 3 nitrogen and oxygen atoms in total. The minimum absolute atomic E-state index is 0.245. The van der Waals surface area contributed by atoms with Crippen LogP contribution in [0.25, 0.3) is 10.9 Å². The third kappa shape index (κ3) is 4.00. The smallest absolute Gasteiger partial charge is 0.406 e. The summed E-state index contributed by atoms with van der Waals surface area (Å²) < 4.78 is 40.8. The van der Waals surface area contributed by atoms with Gasteiger partial charge in [-0.15, -0.1) is 13.2 Å². The van der Waals surface area contributed by atoms with Gasteiger partial charge in [-0.1, -0.05) is 13.8 Å². The van der Waals surface area contributed by atoms with Gasteiger partial charge < -0.3 is 10.1 Å². The lowest BCUT2D eigenvalue weighted by Crippen LogP contribution is -2.17. The summed E-state index contributed by atoms with van der Waals surface area (Å²) in [5.41, 5.74) is 2.29.